The van der Waals surface area contributed by atoms with E-state index in [4.69, 9.17) is 4.74 Å². The molecule has 3 amide bonds. The van der Waals surface area contributed by atoms with Crippen LogP contribution >= 0.6 is 0 Å². The van der Waals surface area contributed by atoms with Gasteiger partial charge in [0.05, 0.1) is 19.2 Å². The minimum atomic E-state index is -4.60. The number of carbonyl (C=O) groups is 3. The Morgan fingerprint density at radius 2 is 1.81 bits per heavy atom. The largest absolute Gasteiger partial charge is 0.481 e. The molecular weight excluding hydrogens is 479 g/mol. The van der Waals surface area contributed by atoms with Gasteiger partial charge in [-0.2, -0.15) is 13.2 Å². The lowest BCUT2D eigenvalue weighted by Crippen LogP contribution is -2.56. The number of nitrogens with one attached hydrogen (secondary N) is 4. The molecule has 1 heterocycles. The topological polar surface area (TPSA) is 121 Å². The molecule has 1 atom stereocenters. The molecule has 0 spiro atoms. The molecule has 0 bridgehead atoms. The molecule has 196 valence electrons. The lowest BCUT2D eigenvalue weighted by atomic mass is 10.1. The fourth-order valence-electron chi connectivity index (χ4n) is 3.01. The third kappa shape index (κ3) is 9.53. The highest BCUT2D eigenvalue weighted by molar-refractivity contribution is 5.97. The Labute approximate surface area is 207 Å². The molecule has 0 aliphatic carbocycles. The molecule has 0 unspecified atom stereocenters. The number of methoxy groups -OCH3 is 1. The SMILES string of the molecule is COc1ccc(CNC[C@H](NC(=O)CNC(=O)c2cccc(C(F)(F)F)c2)C(=O)NC(C)(C)C)cn1. The maximum atomic E-state index is 12.9. The second-order valence-electron chi connectivity index (χ2n) is 8.96. The van der Waals surface area contributed by atoms with Gasteiger partial charge in [-0.1, -0.05) is 12.1 Å². The van der Waals surface area contributed by atoms with Gasteiger partial charge in [0, 0.05) is 36.5 Å². The summed E-state index contributed by atoms with van der Waals surface area (Å²) in [6, 6.07) is 6.37. The number of hydrogen-bond donors (Lipinski definition) is 4. The molecule has 9 nitrogen and oxygen atoms in total. The second-order valence-corrected chi connectivity index (χ2v) is 8.96. The van der Waals surface area contributed by atoms with Gasteiger partial charge in [0.1, 0.15) is 6.04 Å². The maximum Gasteiger partial charge on any atom is 0.416 e. The van der Waals surface area contributed by atoms with Crippen LogP contribution in [0, 0.1) is 0 Å². The number of amides is 3. The molecule has 2 rings (SSSR count). The summed E-state index contributed by atoms with van der Waals surface area (Å²) < 4.78 is 43.6. The van der Waals surface area contributed by atoms with E-state index in [1.165, 1.54) is 13.2 Å². The van der Waals surface area contributed by atoms with E-state index in [1.807, 2.05) is 0 Å². The number of nitrogens with zero attached hydrogens (tertiary/aromatic N) is 1. The van der Waals surface area contributed by atoms with Crippen LogP contribution in [-0.4, -0.2) is 54.5 Å². The summed E-state index contributed by atoms with van der Waals surface area (Å²) in [4.78, 5) is 41.5. The highest BCUT2D eigenvalue weighted by atomic mass is 19.4. The third-order valence-electron chi connectivity index (χ3n) is 4.70. The highest BCUT2D eigenvalue weighted by Gasteiger charge is 2.31. The Hall–Kier alpha value is -3.67. The minimum absolute atomic E-state index is 0.0707. The summed E-state index contributed by atoms with van der Waals surface area (Å²) in [5.74, 6) is -1.52. The van der Waals surface area contributed by atoms with Gasteiger partial charge in [-0.15, -0.1) is 0 Å². The molecule has 1 aromatic heterocycles. The maximum absolute atomic E-state index is 12.9. The smallest absolute Gasteiger partial charge is 0.416 e. The number of hydrogen-bond acceptors (Lipinski definition) is 6. The summed E-state index contributed by atoms with van der Waals surface area (Å²) >= 11 is 0. The number of benzene rings is 1. The molecule has 36 heavy (non-hydrogen) atoms. The highest BCUT2D eigenvalue weighted by Crippen LogP contribution is 2.29. The van der Waals surface area contributed by atoms with Crippen molar-refractivity contribution in [2.75, 3.05) is 20.2 Å². The van der Waals surface area contributed by atoms with E-state index in [1.54, 1.807) is 39.1 Å². The fraction of sp³-hybridized carbons (Fsp3) is 0.417. The van der Waals surface area contributed by atoms with Crippen molar-refractivity contribution in [1.82, 2.24) is 26.3 Å². The van der Waals surface area contributed by atoms with Crippen LogP contribution in [0.25, 0.3) is 0 Å². The van der Waals surface area contributed by atoms with Crippen molar-refractivity contribution in [2.45, 2.75) is 45.1 Å². The van der Waals surface area contributed by atoms with Crippen LogP contribution in [0.5, 0.6) is 5.88 Å². The Kier molecular flexibility index (Phi) is 9.79. The molecule has 0 aliphatic rings. The van der Waals surface area contributed by atoms with Crippen LogP contribution in [0.15, 0.2) is 42.6 Å². The number of aromatic nitrogens is 1. The van der Waals surface area contributed by atoms with Crippen LogP contribution in [0.2, 0.25) is 0 Å². The van der Waals surface area contributed by atoms with Gasteiger partial charge in [-0.05, 0) is 44.5 Å². The quantitative estimate of drug-likeness (QED) is 0.389. The van der Waals surface area contributed by atoms with Crippen LogP contribution in [0.1, 0.15) is 42.3 Å². The minimum Gasteiger partial charge on any atom is -0.481 e. The Morgan fingerprint density at radius 3 is 2.39 bits per heavy atom. The molecule has 0 radical (unpaired) electrons. The van der Waals surface area contributed by atoms with Crippen LogP contribution < -0.4 is 26.0 Å². The number of pyridine rings is 1. The fourth-order valence-corrected chi connectivity index (χ4v) is 3.01. The molecule has 12 heteroatoms. The standard InChI is InChI=1S/C24H30F3N5O4/c1-23(2,3)32-22(35)18(13-28-11-15-8-9-20(36-4)29-12-15)31-19(33)14-30-21(34)16-6-5-7-17(10-16)24(25,26)27/h5-10,12,18,28H,11,13-14H2,1-4H3,(H,30,34)(H,31,33)(H,32,35)/t18-/m0/s1. The van der Waals surface area contributed by atoms with Gasteiger partial charge in [-0.25, -0.2) is 4.98 Å². The lowest BCUT2D eigenvalue weighted by molar-refractivity contribution is -0.137. The number of halogens is 3. The molecule has 0 aliphatic heterocycles. The van der Waals surface area contributed by atoms with E-state index in [0.717, 1.165) is 17.7 Å². The zero-order valence-corrected chi connectivity index (χ0v) is 20.5. The molecule has 0 saturated carbocycles. The van der Waals surface area contributed by atoms with Crippen molar-refractivity contribution in [2.24, 2.45) is 0 Å². The monoisotopic (exact) mass is 509 g/mol. The first kappa shape index (κ1) is 28.6. The summed E-state index contributed by atoms with van der Waals surface area (Å²) in [5.41, 5.74) is -0.950. The first-order valence-corrected chi connectivity index (χ1v) is 11.0. The summed E-state index contributed by atoms with van der Waals surface area (Å²) in [5, 5.41) is 10.7. The average molecular weight is 510 g/mol. The predicted octanol–water partition coefficient (Wildman–Crippen LogP) is 2.03. The Bertz CT molecular complexity index is 1050. The second kappa shape index (κ2) is 12.3. The van der Waals surface area contributed by atoms with E-state index < -0.39 is 47.6 Å². The molecule has 0 fully saturated rings. The normalized spacial score (nSPS) is 12.4. The zero-order valence-electron chi connectivity index (χ0n) is 20.5. The van der Waals surface area contributed by atoms with Crippen molar-refractivity contribution in [3.05, 3.63) is 59.3 Å². The van der Waals surface area contributed by atoms with Crippen molar-refractivity contribution in [1.29, 1.82) is 0 Å². The van der Waals surface area contributed by atoms with Gasteiger partial charge < -0.3 is 26.0 Å². The van der Waals surface area contributed by atoms with Gasteiger partial charge in [0.2, 0.25) is 17.7 Å². The number of carbonyl (C=O) groups excluding carboxylic acids is 3. The van der Waals surface area contributed by atoms with E-state index in [0.29, 0.717) is 18.5 Å². The van der Waals surface area contributed by atoms with E-state index >= 15 is 0 Å². The summed E-state index contributed by atoms with van der Waals surface area (Å²) in [7, 11) is 1.50. The molecular formula is C24H30F3N5O4. The van der Waals surface area contributed by atoms with Gasteiger partial charge in [0.25, 0.3) is 5.91 Å². The van der Waals surface area contributed by atoms with Crippen molar-refractivity contribution in [3.63, 3.8) is 0 Å². The van der Waals surface area contributed by atoms with Crippen LogP contribution in [0.4, 0.5) is 13.2 Å². The Morgan fingerprint density at radius 1 is 1.08 bits per heavy atom. The van der Waals surface area contributed by atoms with E-state index in [2.05, 4.69) is 26.3 Å². The lowest BCUT2D eigenvalue weighted by Gasteiger charge is -2.26. The molecule has 0 saturated heterocycles. The molecule has 2 aromatic rings. The molecule has 4 N–H and O–H groups in total. The predicted molar refractivity (Wildman–Crippen MR) is 126 cm³/mol. The van der Waals surface area contributed by atoms with Crippen molar-refractivity contribution in [3.8, 4) is 5.88 Å². The average Bonchev–Trinajstić information content (AvgIpc) is 2.80. The van der Waals surface area contributed by atoms with Gasteiger partial charge in [-0.3, -0.25) is 14.4 Å². The zero-order chi connectivity index (χ0) is 26.9. The van der Waals surface area contributed by atoms with Crippen LogP contribution in [-0.2, 0) is 22.3 Å². The first-order chi connectivity index (χ1) is 16.8. The first-order valence-electron chi connectivity index (χ1n) is 11.0. The number of ether oxygens (including phenoxy) is 1. The van der Waals surface area contributed by atoms with Crippen LogP contribution in [0.3, 0.4) is 0 Å². The van der Waals surface area contributed by atoms with E-state index in [-0.39, 0.29) is 12.1 Å². The molecule has 1 aromatic carbocycles. The summed E-state index contributed by atoms with van der Waals surface area (Å²) in [6.45, 7) is 5.26. The van der Waals surface area contributed by atoms with Gasteiger partial charge in [0.15, 0.2) is 0 Å². The van der Waals surface area contributed by atoms with E-state index in [9.17, 15) is 27.6 Å². The number of alkyl halides is 3. The van der Waals surface area contributed by atoms with Crippen molar-refractivity contribution >= 4 is 17.7 Å². The summed E-state index contributed by atoms with van der Waals surface area (Å²) in [6.07, 6.45) is -2.99. The Balaban J connectivity index is 1.97. The van der Waals surface area contributed by atoms with Crippen molar-refractivity contribution < 1.29 is 32.3 Å². The number of rotatable bonds is 10. The van der Waals surface area contributed by atoms with Gasteiger partial charge >= 0.3 is 6.18 Å². The third-order valence-corrected chi connectivity index (χ3v) is 4.70.